The maximum Gasteiger partial charge on any atom is 0.335 e. The fourth-order valence-corrected chi connectivity index (χ4v) is 2.80. The summed E-state index contributed by atoms with van der Waals surface area (Å²) < 4.78 is 2.06. The SMILES string of the molecule is Cn1ccc2cc(-c3n[nH]c4ccc(C(=O)O)cc34)ccc21. The van der Waals surface area contributed by atoms with E-state index in [2.05, 4.69) is 26.9 Å². The first-order valence-corrected chi connectivity index (χ1v) is 6.90. The number of nitrogens with zero attached hydrogens (tertiary/aromatic N) is 2. The molecule has 0 fully saturated rings. The van der Waals surface area contributed by atoms with Crippen LogP contribution in [0, 0.1) is 0 Å². The molecule has 5 heteroatoms. The van der Waals surface area contributed by atoms with Gasteiger partial charge in [0.2, 0.25) is 0 Å². The minimum absolute atomic E-state index is 0.260. The van der Waals surface area contributed by atoms with Gasteiger partial charge >= 0.3 is 5.97 Å². The highest BCUT2D eigenvalue weighted by Gasteiger charge is 2.12. The van der Waals surface area contributed by atoms with E-state index in [0.717, 1.165) is 33.1 Å². The lowest BCUT2D eigenvalue weighted by molar-refractivity contribution is 0.0697. The van der Waals surface area contributed by atoms with Crippen LogP contribution < -0.4 is 0 Å². The molecule has 2 aromatic heterocycles. The van der Waals surface area contributed by atoms with Crippen molar-refractivity contribution >= 4 is 27.8 Å². The first-order chi connectivity index (χ1) is 10.6. The standard InChI is InChI=1S/C17H13N3O2/c1-20-7-6-10-8-11(3-5-15(10)20)16-13-9-12(17(21)22)2-4-14(13)18-19-16/h2-9H,1H3,(H,18,19)(H,21,22). The van der Waals surface area contributed by atoms with Gasteiger partial charge in [-0.1, -0.05) is 6.07 Å². The molecule has 2 heterocycles. The quantitative estimate of drug-likeness (QED) is 0.594. The summed E-state index contributed by atoms with van der Waals surface area (Å²) in [6, 6.07) is 13.2. The number of fused-ring (bicyclic) bond motifs is 2. The predicted octanol–water partition coefficient (Wildman–Crippen LogP) is 3.42. The maximum absolute atomic E-state index is 11.2. The van der Waals surface area contributed by atoms with Crippen molar-refractivity contribution in [1.29, 1.82) is 0 Å². The van der Waals surface area contributed by atoms with Crippen molar-refractivity contribution in [3.63, 3.8) is 0 Å². The Hall–Kier alpha value is -3.08. The molecule has 0 aliphatic rings. The molecule has 22 heavy (non-hydrogen) atoms. The molecule has 0 saturated carbocycles. The van der Waals surface area contributed by atoms with Crippen molar-refractivity contribution in [2.45, 2.75) is 0 Å². The van der Waals surface area contributed by atoms with E-state index < -0.39 is 5.97 Å². The molecule has 0 bridgehead atoms. The minimum Gasteiger partial charge on any atom is -0.478 e. The van der Waals surface area contributed by atoms with Crippen LogP contribution in [-0.2, 0) is 7.05 Å². The summed E-state index contributed by atoms with van der Waals surface area (Å²) in [4.78, 5) is 11.2. The van der Waals surface area contributed by atoms with Crippen LogP contribution in [0.15, 0.2) is 48.7 Å². The van der Waals surface area contributed by atoms with Crippen LogP contribution in [0.3, 0.4) is 0 Å². The van der Waals surface area contributed by atoms with Crippen LogP contribution in [0.5, 0.6) is 0 Å². The number of nitrogens with one attached hydrogen (secondary N) is 1. The molecule has 0 aliphatic heterocycles. The van der Waals surface area contributed by atoms with Gasteiger partial charge in [0.1, 0.15) is 0 Å². The van der Waals surface area contributed by atoms with E-state index in [0.29, 0.717) is 0 Å². The Morgan fingerprint density at radius 1 is 1.18 bits per heavy atom. The van der Waals surface area contributed by atoms with Crippen LogP contribution in [0.25, 0.3) is 33.1 Å². The van der Waals surface area contributed by atoms with E-state index in [-0.39, 0.29) is 5.56 Å². The number of H-pyrrole nitrogens is 1. The minimum atomic E-state index is -0.937. The van der Waals surface area contributed by atoms with Gasteiger partial charge in [-0.15, -0.1) is 0 Å². The Morgan fingerprint density at radius 3 is 2.86 bits per heavy atom. The van der Waals surface area contributed by atoms with E-state index in [4.69, 9.17) is 5.11 Å². The zero-order valence-electron chi connectivity index (χ0n) is 11.9. The number of hydrogen-bond donors (Lipinski definition) is 2. The number of aromatic amines is 1. The highest BCUT2D eigenvalue weighted by Crippen LogP contribution is 2.29. The molecule has 0 atom stereocenters. The summed E-state index contributed by atoms with van der Waals surface area (Å²) in [6.45, 7) is 0. The summed E-state index contributed by atoms with van der Waals surface area (Å²) in [5.74, 6) is -0.937. The second-order valence-corrected chi connectivity index (χ2v) is 5.34. The molecule has 0 spiro atoms. The predicted molar refractivity (Wildman–Crippen MR) is 85.0 cm³/mol. The summed E-state index contributed by atoms with van der Waals surface area (Å²) in [6.07, 6.45) is 2.01. The van der Waals surface area contributed by atoms with Crippen molar-refractivity contribution in [1.82, 2.24) is 14.8 Å². The number of benzene rings is 2. The largest absolute Gasteiger partial charge is 0.478 e. The molecule has 0 amide bonds. The zero-order valence-corrected chi connectivity index (χ0v) is 11.9. The Kier molecular flexibility index (Phi) is 2.56. The number of carbonyl (C=O) groups is 1. The molecule has 0 radical (unpaired) electrons. The van der Waals surface area contributed by atoms with Gasteiger partial charge in [-0.3, -0.25) is 5.10 Å². The van der Waals surface area contributed by atoms with Gasteiger partial charge in [-0.25, -0.2) is 4.79 Å². The molecular weight excluding hydrogens is 278 g/mol. The van der Waals surface area contributed by atoms with Gasteiger partial charge in [0.15, 0.2) is 0 Å². The van der Waals surface area contributed by atoms with Crippen molar-refractivity contribution in [3.05, 3.63) is 54.2 Å². The van der Waals surface area contributed by atoms with Crippen molar-refractivity contribution < 1.29 is 9.90 Å². The third kappa shape index (κ3) is 1.79. The summed E-state index contributed by atoms with van der Waals surface area (Å²) >= 11 is 0. The Morgan fingerprint density at radius 2 is 2.05 bits per heavy atom. The van der Waals surface area contributed by atoms with Crippen molar-refractivity contribution in [2.24, 2.45) is 7.05 Å². The van der Waals surface area contributed by atoms with Gasteiger partial charge in [0, 0.05) is 35.1 Å². The van der Waals surface area contributed by atoms with Crippen LogP contribution in [0.2, 0.25) is 0 Å². The second kappa shape index (κ2) is 4.46. The Balaban J connectivity index is 1.94. The first-order valence-electron chi connectivity index (χ1n) is 6.90. The smallest absolute Gasteiger partial charge is 0.335 e. The summed E-state index contributed by atoms with van der Waals surface area (Å²) in [7, 11) is 2.01. The molecule has 0 aliphatic carbocycles. The maximum atomic E-state index is 11.2. The van der Waals surface area contributed by atoms with Crippen LogP contribution in [-0.4, -0.2) is 25.8 Å². The van der Waals surface area contributed by atoms with Crippen LogP contribution in [0.4, 0.5) is 0 Å². The first kappa shape index (κ1) is 12.6. The molecule has 4 aromatic rings. The average Bonchev–Trinajstić information content (AvgIpc) is 3.10. The monoisotopic (exact) mass is 291 g/mol. The molecular formula is C17H13N3O2. The number of aryl methyl sites for hydroxylation is 1. The van der Waals surface area contributed by atoms with Gasteiger partial charge in [-0.05, 0) is 36.4 Å². The van der Waals surface area contributed by atoms with Crippen LogP contribution in [0.1, 0.15) is 10.4 Å². The normalized spacial score (nSPS) is 11.3. The van der Waals surface area contributed by atoms with E-state index in [1.54, 1.807) is 18.2 Å². The molecule has 2 aromatic carbocycles. The third-order valence-electron chi connectivity index (χ3n) is 3.97. The van der Waals surface area contributed by atoms with E-state index in [9.17, 15) is 4.79 Å². The van der Waals surface area contributed by atoms with Gasteiger partial charge in [0.05, 0.1) is 16.8 Å². The van der Waals surface area contributed by atoms with E-state index in [1.807, 2.05) is 25.4 Å². The molecule has 108 valence electrons. The number of aromatic carboxylic acids is 1. The average molecular weight is 291 g/mol. The van der Waals surface area contributed by atoms with E-state index in [1.165, 1.54) is 0 Å². The summed E-state index contributed by atoms with van der Waals surface area (Å²) in [5.41, 5.74) is 3.97. The fourth-order valence-electron chi connectivity index (χ4n) is 2.80. The lowest BCUT2D eigenvalue weighted by Gasteiger charge is -2.01. The third-order valence-corrected chi connectivity index (χ3v) is 3.97. The van der Waals surface area contributed by atoms with Gasteiger partial charge in [-0.2, -0.15) is 5.10 Å². The molecule has 0 unspecified atom stereocenters. The molecule has 2 N–H and O–H groups in total. The topological polar surface area (TPSA) is 70.9 Å². The lowest BCUT2D eigenvalue weighted by Crippen LogP contribution is -1.94. The molecule has 5 nitrogen and oxygen atoms in total. The number of hydrogen-bond acceptors (Lipinski definition) is 2. The highest BCUT2D eigenvalue weighted by molar-refractivity contribution is 6.00. The Bertz CT molecular complexity index is 1030. The fraction of sp³-hybridized carbons (Fsp3) is 0.0588. The molecule has 0 saturated heterocycles. The second-order valence-electron chi connectivity index (χ2n) is 5.34. The number of aromatic nitrogens is 3. The van der Waals surface area contributed by atoms with Gasteiger partial charge in [0.25, 0.3) is 0 Å². The van der Waals surface area contributed by atoms with Gasteiger partial charge < -0.3 is 9.67 Å². The highest BCUT2D eigenvalue weighted by atomic mass is 16.4. The van der Waals surface area contributed by atoms with Crippen molar-refractivity contribution in [2.75, 3.05) is 0 Å². The zero-order chi connectivity index (χ0) is 15.3. The number of rotatable bonds is 2. The molecule has 4 rings (SSSR count). The van der Waals surface area contributed by atoms with E-state index >= 15 is 0 Å². The number of carboxylic acid groups (broad SMARTS) is 1. The lowest BCUT2D eigenvalue weighted by atomic mass is 10.0. The van der Waals surface area contributed by atoms with Crippen molar-refractivity contribution in [3.8, 4) is 11.3 Å². The van der Waals surface area contributed by atoms with Crippen LogP contribution >= 0.6 is 0 Å². The summed E-state index contributed by atoms with van der Waals surface area (Å²) in [5, 5.41) is 18.4. The Labute approximate surface area is 125 Å². The number of carboxylic acids is 1.